The Morgan fingerprint density at radius 2 is 1.91 bits per heavy atom. The van der Waals surface area contributed by atoms with Gasteiger partial charge in [-0.1, -0.05) is 57.4 Å². The van der Waals surface area contributed by atoms with Crippen LogP contribution in [0.4, 0.5) is 16.5 Å². The summed E-state index contributed by atoms with van der Waals surface area (Å²) in [5.41, 5.74) is 3.09. The minimum atomic E-state index is -0.253. The van der Waals surface area contributed by atoms with E-state index in [1.54, 1.807) is 7.05 Å². The number of hydrogen-bond donors (Lipinski definition) is 2. The van der Waals surface area contributed by atoms with Crippen LogP contribution in [0.15, 0.2) is 18.2 Å². The van der Waals surface area contributed by atoms with Gasteiger partial charge in [-0.15, -0.1) is 10.2 Å². The molecule has 0 radical (unpaired) electrons. The topological polar surface area (TPSA) is 96.4 Å². The largest absolute Gasteiger partial charge is 0.466 e. The van der Waals surface area contributed by atoms with E-state index in [4.69, 9.17) is 4.74 Å². The van der Waals surface area contributed by atoms with Crippen LogP contribution in [-0.4, -0.2) is 48.3 Å². The van der Waals surface area contributed by atoms with E-state index in [9.17, 15) is 9.59 Å². The molecule has 2 aromatic rings. The molecule has 1 atom stereocenters. The molecule has 1 fully saturated rings. The highest BCUT2D eigenvalue weighted by Crippen LogP contribution is 2.37. The van der Waals surface area contributed by atoms with Gasteiger partial charge in [0, 0.05) is 19.6 Å². The van der Waals surface area contributed by atoms with E-state index in [1.807, 2.05) is 13.8 Å². The molecule has 3 rings (SSSR count). The Morgan fingerprint density at radius 3 is 2.57 bits per heavy atom. The maximum absolute atomic E-state index is 12.1. The zero-order valence-electron chi connectivity index (χ0n) is 21.6. The third kappa shape index (κ3) is 7.40. The van der Waals surface area contributed by atoms with Gasteiger partial charge in [-0.3, -0.25) is 9.59 Å². The van der Waals surface area contributed by atoms with Gasteiger partial charge >= 0.3 is 5.97 Å². The summed E-state index contributed by atoms with van der Waals surface area (Å²) in [7, 11) is 1.58. The second-order valence-corrected chi connectivity index (χ2v) is 10.6. The molecule has 2 N–H and O–H groups in total. The highest BCUT2D eigenvalue weighted by molar-refractivity contribution is 7.17. The van der Waals surface area contributed by atoms with Gasteiger partial charge in [-0.25, -0.2) is 0 Å². The van der Waals surface area contributed by atoms with Crippen LogP contribution < -0.4 is 15.5 Å². The molecule has 9 heteroatoms. The number of nitrogens with one attached hydrogen (secondary N) is 2. The average molecular weight is 502 g/mol. The molecule has 1 heterocycles. The Balaban J connectivity index is 1.97. The highest BCUT2D eigenvalue weighted by atomic mass is 32.1. The molecule has 0 bridgehead atoms. The Bertz CT molecular complexity index is 987. The lowest BCUT2D eigenvalue weighted by Gasteiger charge is -2.38. The number of benzene rings is 1. The number of carbonyl (C=O) groups excluding carboxylic acids is 2. The SMILES string of the molecule is CCOC(=O)CC(C)c1ccc(N(CC(C)C)C2CCCCC2)c(Nc2nnc(C(=O)NC)s2)c1. The summed E-state index contributed by atoms with van der Waals surface area (Å²) in [6.45, 7) is 9.70. The van der Waals surface area contributed by atoms with Crippen LogP contribution in [0.5, 0.6) is 0 Å². The molecule has 0 saturated heterocycles. The number of carbonyl (C=O) groups is 2. The van der Waals surface area contributed by atoms with Crippen molar-refractivity contribution in [1.29, 1.82) is 0 Å². The molecular formula is C26H39N5O3S. The number of rotatable bonds is 11. The Labute approximate surface area is 212 Å². The Hall–Kier alpha value is -2.68. The van der Waals surface area contributed by atoms with E-state index in [2.05, 4.69) is 57.8 Å². The quantitative estimate of drug-likeness (QED) is 0.393. The van der Waals surface area contributed by atoms with Crippen molar-refractivity contribution in [3.8, 4) is 0 Å². The zero-order valence-corrected chi connectivity index (χ0v) is 22.4. The van der Waals surface area contributed by atoms with Gasteiger partial charge in [0.05, 0.1) is 24.4 Å². The van der Waals surface area contributed by atoms with Gasteiger partial charge in [0.1, 0.15) is 0 Å². The van der Waals surface area contributed by atoms with Crippen LogP contribution in [0.25, 0.3) is 0 Å². The van der Waals surface area contributed by atoms with Crippen LogP contribution in [0.1, 0.15) is 87.5 Å². The van der Waals surface area contributed by atoms with Crippen molar-refractivity contribution in [2.24, 2.45) is 5.92 Å². The molecule has 1 aromatic heterocycles. The van der Waals surface area contributed by atoms with E-state index in [0.717, 1.165) is 23.5 Å². The van der Waals surface area contributed by atoms with Crippen molar-refractivity contribution in [2.45, 2.75) is 78.2 Å². The average Bonchev–Trinajstić information content (AvgIpc) is 3.31. The molecule has 1 unspecified atom stereocenters. The first-order valence-electron chi connectivity index (χ1n) is 12.7. The number of anilines is 3. The molecule has 35 heavy (non-hydrogen) atoms. The summed E-state index contributed by atoms with van der Waals surface area (Å²) in [4.78, 5) is 26.6. The lowest BCUT2D eigenvalue weighted by molar-refractivity contribution is -0.143. The van der Waals surface area contributed by atoms with Gasteiger partial charge < -0.3 is 20.3 Å². The molecule has 1 aliphatic carbocycles. The second kappa shape index (κ2) is 12.9. The third-order valence-corrected chi connectivity index (χ3v) is 7.18. The number of amides is 1. The molecule has 0 aliphatic heterocycles. The minimum absolute atomic E-state index is 0.00716. The summed E-state index contributed by atoms with van der Waals surface area (Å²) in [6.07, 6.45) is 6.50. The summed E-state index contributed by atoms with van der Waals surface area (Å²) in [6, 6.07) is 6.88. The van der Waals surface area contributed by atoms with Gasteiger partial charge in [0.25, 0.3) is 5.91 Å². The molecule has 0 spiro atoms. The summed E-state index contributed by atoms with van der Waals surface area (Å²) in [5.74, 6) is 0.0686. The van der Waals surface area contributed by atoms with Crippen LogP contribution in [0, 0.1) is 5.92 Å². The fourth-order valence-corrected chi connectivity index (χ4v) is 5.32. The first-order valence-corrected chi connectivity index (χ1v) is 13.5. The monoisotopic (exact) mass is 501 g/mol. The fourth-order valence-electron chi connectivity index (χ4n) is 4.62. The molecule has 192 valence electrons. The standard InChI is InChI=1S/C26H39N5O3S/c1-6-34-23(32)14-18(4)19-12-13-22(31(16-17(2)3)20-10-8-7-9-11-20)21(15-19)28-26-30-29-25(35-26)24(33)27-5/h12-13,15,17-18,20H,6-11,14,16H2,1-5H3,(H,27,33)(H,28,30). The van der Waals surface area contributed by atoms with Crippen molar-refractivity contribution < 1.29 is 14.3 Å². The summed E-state index contributed by atoms with van der Waals surface area (Å²) in [5, 5.41) is 15.2. The number of nitrogens with zero attached hydrogens (tertiary/aromatic N) is 3. The van der Waals surface area contributed by atoms with Crippen molar-refractivity contribution in [3.63, 3.8) is 0 Å². The van der Waals surface area contributed by atoms with Crippen LogP contribution in [-0.2, 0) is 9.53 Å². The maximum Gasteiger partial charge on any atom is 0.306 e. The van der Waals surface area contributed by atoms with Gasteiger partial charge in [0.2, 0.25) is 10.1 Å². The van der Waals surface area contributed by atoms with Gasteiger partial charge in [-0.2, -0.15) is 0 Å². The number of aromatic nitrogens is 2. The summed E-state index contributed by atoms with van der Waals surface area (Å²) < 4.78 is 5.16. The number of esters is 1. The predicted molar refractivity (Wildman–Crippen MR) is 142 cm³/mol. The van der Waals surface area contributed by atoms with Crippen LogP contribution in [0.3, 0.4) is 0 Å². The first-order chi connectivity index (χ1) is 16.8. The minimum Gasteiger partial charge on any atom is -0.466 e. The lowest BCUT2D eigenvalue weighted by atomic mass is 9.92. The number of ether oxygens (including phenoxy) is 1. The Morgan fingerprint density at radius 1 is 1.17 bits per heavy atom. The molecular weight excluding hydrogens is 462 g/mol. The highest BCUT2D eigenvalue weighted by Gasteiger charge is 2.25. The van der Waals surface area contributed by atoms with Crippen molar-refractivity contribution in [1.82, 2.24) is 15.5 Å². The van der Waals surface area contributed by atoms with E-state index in [-0.39, 0.29) is 17.8 Å². The number of hydrogen-bond acceptors (Lipinski definition) is 8. The van der Waals surface area contributed by atoms with Crippen molar-refractivity contribution >= 4 is 39.7 Å². The second-order valence-electron chi connectivity index (χ2n) is 9.64. The zero-order chi connectivity index (χ0) is 25.4. The Kier molecular flexibility index (Phi) is 9.89. The first kappa shape index (κ1) is 26.9. The van der Waals surface area contributed by atoms with E-state index in [0.29, 0.717) is 35.1 Å². The maximum atomic E-state index is 12.1. The van der Waals surface area contributed by atoms with Crippen LogP contribution >= 0.6 is 11.3 Å². The smallest absolute Gasteiger partial charge is 0.306 e. The molecule has 1 saturated carbocycles. The van der Waals surface area contributed by atoms with Crippen LogP contribution in [0.2, 0.25) is 0 Å². The van der Waals surface area contributed by atoms with Gasteiger partial charge in [-0.05, 0) is 49.3 Å². The third-order valence-electron chi connectivity index (χ3n) is 6.34. The molecule has 1 amide bonds. The van der Waals surface area contributed by atoms with E-state index >= 15 is 0 Å². The van der Waals surface area contributed by atoms with E-state index in [1.165, 1.54) is 43.4 Å². The molecule has 1 aliphatic rings. The molecule has 1 aromatic carbocycles. The fraction of sp³-hybridized carbons (Fsp3) is 0.615. The van der Waals surface area contributed by atoms with Crippen molar-refractivity contribution in [2.75, 3.05) is 30.4 Å². The lowest BCUT2D eigenvalue weighted by Crippen LogP contribution is -2.39. The van der Waals surface area contributed by atoms with Gasteiger partial charge in [0.15, 0.2) is 0 Å². The molecule has 8 nitrogen and oxygen atoms in total. The van der Waals surface area contributed by atoms with Crippen molar-refractivity contribution in [3.05, 3.63) is 28.8 Å². The van der Waals surface area contributed by atoms with E-state index < -0.39 is 0 Å². The predicted octanol–water partition coefficient (Wildman–Crippen LogP) is 5.49. The normalized spacial score (nSPS) is 15.0. The summed E-state index contributed by atoms with van der Waals surface area (Å²) >= 11 is 1.22.